The Morgan fingerprint density at radius 3 is 2.41 bits per heavy atom. The number of nitrogens with zero attached hydrogens (tertiary/aromatic N) is 7. The van der Waals surface area contributed by atoms with E-state index in [0.717, 1.165) is 23.8 Å². The first-order valence-corrected chi connectivity index (χ1v) is 18.8. The number of benzene rings is 3. The van der Waals surface area contributed by atoms with Gasteiger partial charge < -0.3 is 24.3 Å². The second-order valence-corrected chi connectivity index (χ2v) is 14.7. The summed E-state index contributed by atoms with van der Waals surface area (Å²) in [7, 11) is 1.54. The summed E-state index contributed by atoms with van der Waals surface area (Å²) in [6.07, 6.45) is -1.38. The van der Waals surface area contributed by atoms with Crippen molar-refractivity contribution in [2.24, 2.45) is 0 Å². The number of methoxy groups -OCH3 is 1. The number of halogens is 4. The highest BCUT2D eigenvalue weighted by Crippen LogP contribution is 2.45. The average molecular weight is 813 g/mol. The predicted octanol–water partition coefficient (Wildman–Crippen LogP) is 6.68. The van der Waals surface area contributed by atoms with E-state index in [9.17, 15) is 27.6 Å². The molecule has 298 valence electrons. The number of fused-ring (bicyclic) bond motifs is 3. The fourth-order valence-corrected chi connectivity index (χ4v) is 8.06. The van der Waals surface area contributed by atoms with Crippen LogP contribution < -0.4 is 20.3 Å². The molecule has 1 aliphatic heterocycles. The van der Waals surface area contributed by atoms with Crippen molar-refractivity contribution in [1.82, 2.24) is 34.0 Å². The maximum Gasteiger partial charge on any atom is 0.416 e. The summed E-state index contributed by atoms with van der Waals surface area (Å²) in [5.74, 6) is 0.368. The van der Waals surface area contributed by atoms with Crippen molar-refractivity contribution in [2.75, 3.05) is 25.5 Å². The SMILES string of the molecule is COc1ccc(-c2nc3n(CC(=O)Nc4ccc(C(F)(F)F)cc4Cl)c4c(c(=O)n3n2)C2(CC4)CCN(C(=O)c3ncnc(C)c3OCc3ccccc3)CC2)cc1. The van der Waals surface area contributed by atoms with Crippen LogP contribution in [-0.2, 0) is 36.0 Å². The highest BCUT2D eigenvalue weighted by atomic mass is 35.5. The van der Waals surface area contributed by atoms with Gasteiger partial charge in [0.15, 0.2) is 17.3 Å². The number of rotatable bonds is 9. The number of ether oxygens (including phenoxy) is 2. The summed E-state index contributed by atoms with van der Waals surface area (Å²) in [5, 5.41) is 6.95. The van der Waals surface area contributed by atoms with Gasteiger partial charge in [0.05, 0.1) is 29.1 Å². The van der Waals surface area contributed by atoms with Gasteiger partial charge in [0.2, 0.25) is 11.7 Å². The number of piperidine rings is 1. The summed E-state index contributed by atoms with van der Waals surface area (Å²) in [6.45, 7) is 2.28. The van der Waals surface area contributed by atoms with Gasteiger partial charge in [-0.2, -0.15) is 22.7 Å². The van der Waals surface area contributed by atoms with Crippen molar-refractivity contribution in [3.8, 4) is 22.9 Å². The molecule has 1 N–H and O–H groups in total. The molecule has 0 atom stereocenters. The number of hydrogen-bond acceptors (Lipinski definition) is 9. The standard InChI is InChI=1S/C41H36ClF3N8O5/c1-24-35(58-22-25-6-4-3-5-7-25)34(47-23-46-24)38(56)51-18-16-40(17-19-51)15-14-31-33(40)37(55)53-39(49-36(50-53)26-8-11-28(57-2)12-9-26)52(31)21-32(54)48-30-13-10-27(20-29(30)42)41(43,44)45/h3-13,20,23H,14-19,21-22H2,1-2H3,(H,48,54). The summed E-state index contributed by atoms with van der Waals surface area (Å²) in [4.78, 5) is 57.2. The number of hydrogen-bond donors (Lipinski definition) is 1. The zero-order chi connectivity index (χ0) is 40.8. The molecule has 0 bridgehead atoms. The Kier molecular flexibility index (Phi) is 10.1. The molecule has 3 aromatic carbocycles. The zero-order valence-corrected chi connectivity index (χ0v) is 32.1. The summed E-state index contributed by atoms with van der Waals surface area (Å²) in [6, 6.07) is 19.2. The van der Waals surface area contributed by atoms with Gasteiger partial charge in [-0.25, -0.2) is 9.97 Å². The Bertz CT molecular complexity index is 2610. The van der Waals surface area contributed by atoms with Crippen molar-refractivity contribution in [1.29, 1.82) is 0 Å². The Morgan fingerprint density at radius 1 is 0.983 bits per heavy atom. The van der Waals surface area contributed by atoms with E-state index in [0.29, 0.717) is 72.8 Å². The molecular formula is C41H36ClF3N8O5. The van der Waals surface area contributed by atoms with Crippen molar-refractivity contribution in [3.05, 3.63) is 128 Å². The molecule has 1 aliphatic carbocycles. The molecule has 1 spiro atoms. The van der Waals surface area contributed by atoms with Crippen LogP contribution in [0.4, 0.5) is 18.9 Å². The van der Waals surface area contributed by atoms with E-state index in [1.165, 1.54) is 10.8 Å². The van der Waals surface area contributed by atoms with E-state index in [-0.39, 0.29) is 52.6 Å². The van der Waals surface area contributed by atoms with E-state index in [1.807, 2.05) is 30.3 Å². The Balaban J connectivity index is 1.10. The van der Waals surface area contributed by atoms with Crippen LogP contribution in [0.15, 0.2) is 83.9 Å². The highest BCUT2D eigenvalue weighted by molar-refractivity contribution is 6.33. The van der Waals surface area contributed by atoms with Crippen LogP contribution in [0, 0.1) is 6.92 Å². The molecule has 8 rings (SSSR count). The van der Waals surface area contributed by atoms with Crippen molar-refractivity contribution in [2.45, 2.75) is 57.3 Å². The molecule has 2 aliphatic rings. The van der Waals surface area contributed by atoms with Gasteiger partial charge in [-0.3, -0.25) is 14.4 Å². The lowest BCUT2D eigenvalue weighted by molar-refractivity contribution is -0.137. The molecule has 6 aromatic rings. The predicted molar refractivity (Wildman–Crippen MR) is 207 cm³/mol. The number of aryl methyl sites for hydroxylation is 1. The largest absolute Gasteiger partial charge is 0.497 e. The zero-order valence-electron chi connectivity index (χ0n) is 31.3. The van der Waals surface area contributed by atoms with Crippen LogP contribution in [0.5, 0.6) is 11.5 Å². The molecule has 17 heteroatoms. The monoisotopic (exact) mass is 812 g/mol. The second-order valence-electron chi connectivity index (χ2n) is 14.3. The van der Waals surface area contributed by atoms with Gasteiger partial charge in [-0.05, 0) is 80.6 Å². The van der Waals surface area contributed by atoms with Crippen LogP contribution in [0.2, 0.25) is 5.02 Å². The van der Waals surface area contributed by atoms with E-state index < -0.39 is 23.1 Å². The number of anilines is 1. The quantitative estimate of drug-likeness (QED) is 0.169. The molecule has 3 aromatic heterocycles. The third-order valence-electron chi connectivity index (χ3n) is 10.9. The van der Waals surface area contributed by atoms with E-state index in [2.05, 4.69) is 20.4 Å². The fourth-order valence-electron chi connectivity index (χ4n) is 7.83. The third kappa shape index (κ3) is 7.23. The van der Waals surface area contributed by atoms with Gasteiger partial charge in [-0.1, -0.05) is 41.9 Å². The lowest BCUT2D eigenvalue weighted by atomic mass is 9.74. The molecule has 1 fully saturated rings. The number of likely N-dealkylation sites (tertiary alicyclic amines) is 1. The topological polar surface area (TPSA) is 146 Å². The molecule has 13 nitrogen and oxygen atoms in total. The van der Waals surface area contributed by atoms with Crippen LogP contribution in [-0.4, -0.2) is 66.0 Å². The fraction of sp³-hybridized carbons (Fsp3) is 0.293. The minimum atomic E-state index is -4.61. The number of carbonyl (C=O) groups excluding carboxylic acids is 2. The van der Waals surface area contributed by atoms with Crippen LogP contribution in [0.1, 0.15) is 57.8 Å². The molecule has 1 saturated heterocycles. The smallest absolute Gasteiger partial charge is 0.416 e. The molecule has 2 amide bonds. The van der Waals surface area contributed by atoms with Crippen LogP contribution in [0.25, 0.3) is 17.2 Å². The van der Waals surface area contributed by atoms with E-state index in [1.54, 1.807) is 47.8 Å². The third-order valence-corrected chi connectivity index (χ3v) is 11.2. The second kappa shape index (κ2) is 15.2. The van der Waals surface area contributed by atoms with Gasteiger partial charge in [0.1, 0.15) is 25.2 Å². The van der Waals surface area contributed by atoms with Gasteiger partial charge in [0.25, 0.3) is 11.5 Å². The Labute approximate surface area is 334 Å². The maximum absolute atomic E-state index is 14.5. The molecule has 0 unspecified atom stereocenters. The summed E-state index contributed by atoms with van der Waals surface area (Å²) >= 11 is 6.17. The van der Waals surface area contributed by atoms with E-state index >= 15 is 0 Å². The lowest BCUT2D eigenvalue weighted by Gasteiger charge is -2.39. The number of alkyl halides is 3. The van der Waals surface area contributed by atoms with E-state index in [4.69, 9.17) is 26.1 Å². The summed E-state index contributed by atoms with van der Waals surface area (Å²) in [5.41, 5.74) is 1.32. The molecule has 0 radical (unpaired) electrons. The normalized spacial score (nSPS) is 14.8. The number of aromatic nitrogens is 6. The van der Waals surface area contributed by atoms with Crippen molar-refractivity contribution >= 4 is 34.9 Å². The summed E-state index contributed by atoms with van der Waals surface area (Å²) < 4.78 is 54.1. The minimum absolute atomic E-state index is 0.00483. The number of amides is 2. The Morgan fingerprint density at radius 2 is 1.72 bits per heavy atom. The lowest BCUT2D eigenvalue weighted by Crippen LogP contribution is -2.47. The Hall–Kier alpha value is -6.29. The van der Waals surface area contributed by atoms with Gasteiger partial charge in [-0.15, -0.1) is 5.10 Å². The first-order chi connectivity index (χ1) is 27.8. The van der Waals surface area contributed by atoms with Crippen molar-refractivity contribution in [3.63, 3.8) is 0 Å². The highest BCUT2D eigenvalue weighted by Gasteiger charge is 2.46. The van der Waals surface area contributed by atoms with Crippen LogP contribution in [0.3, 0.4) is 0 Å². The molecule has 58 heavy (non-hydrogen) atoms. The van der Waals surface area contributed by atoms with Gasteiger partial charge >= 0.3 is 6.18 Å². The first-order valence-electron chi connectivity index (χ1n) is 18.5. The number of carbonyl (C=O) groups is 2. The maximum atomic E-state index is 14.5. The first kappa shape index (κ1) is 38.6. The molecule has 4 heterocycles. The van der Waals surface area contributed by atoms with Crippen molar-refractivity contribution < 1.29 is 32.2 Å². The van der Waals surface area contributed by atoms with Crippen LogP contribution >= 0.6 is 11.6 Å². The molecular weight excluding hydrogens is 777 g/mol. The van der Waals surface area contributed by atoms with Gasteiger partial charge in [0, 0.05) is 35.3 Å². The average Bonchev–Trinajstić information content (AvgIpc) is 3.83. The minimum Gasteiger partial charge on any atom is -0.497 e. The molecule has 0 saturated carbocycles. The number of nitrogens with one attached hydrogen (secondary N) is 1.